The molecule has 6 heteroatoms. The molecular formula is C11H14BrN3O2. The molecule has 0 saturated heterocycles. The average Bonchev–Trinajstić information content (AvgIpc) is 2.28. The molecule has 0 amide bonds. The molecule has 17 heavy (non-hydrogen) atoms. The van der Waals surface area contributed by atoms with E-state index in [9.17, 15) is 10.1 Å². The van der Waals surface area contributed by atoms with Gasteiger partial charge in [-0.3, -0.25) is 10.1 Å². The molecule has 0 unspecified atom stereocenters. The number of rotatable bonds is 6. The van der Waals surface area contributed by atoms with Gasteiger partial charge in [-0.25, -0.2) is 4.98 Å². The minimum absolute atomic E-state index is 0.00896. The summed E-state index contributed by atoms with van der Waals surface area (Å²) in [6, 6.07) is 1.47. The summed E-state index contributed by atoms with van der Waals surface area (Å²) in [6.07, 6.45) is 4.17. The van der Waals surface area contributed by atoms with Crippen LogP contribution < -0.4 is 4.90 Å². The van der Waals surface area contributed by atoms with Crippen molar-refractivity contribution >= 4 is 27.4 Å². The monoisotopic (exact) mass is 299 g/mol. The maximum atomic E-state index is 11.0. The van der Waals surface area contributed by atoms with Crippen molar-refractivity contribution < 1.29 is 4.92 Å². The van der Waals surface area contributed by atoms with E-state index < -0.39 is 4.92 Å². The highest BCUT2D eigenvalue weighted by Gasteiger charge is 2.20. The molecule has 1 rings (SSSR count). The first kappa shape index (κ1) is 13.6. The predicted molar refractivity (Wildman–Crippen MR) is 71.3 cm³/mol. The average molecular weight is 300 g/mol. The van der Waals surface area contributed by atoms with Gasteiger partial charge in [0.1, 0.15) is 0 Å². The molecular weight excluding hydrogens is 286 g/mol. The number of pyridine rings is 1. The summed E-state index contributed by atoms with van der Waals surface area (Å²) in [5, 5.41) is 11.0. The van der Waals surface area contributed by atoms with Gasteiger partial charge in [0.2, 0.25) is 5.82 Å². The van der Waals surface area contributed by atoms with Crippen molar-refractivity contribution in [2.75, 3.05) is 18.0 Å². The topological polar surface area (TPSA) is 59.3 Å². The van der Waals surface area contributed by atoms with E-state index in [1.807, 2.05) is 11.8 Å². The lowest BCUT2D eigenvalue weighted by Gasteiger charge is -2.20. The molecule has 0 fully saturated rings. The number of hydrogen-bond acceptors (Lipinski definition) is 4. The van der Waals surface area contributed by atoms with Gasteiger partial charge >= 0.3 is 5.69 Å². The molecule has 0 spiro atoms. The summed E-state index contributed by atoms with van der Waals surface area (Å²) in [4.78, 5) is 16.5. The Morgan fingerprint density at radius 3 is 2.94 bits per heavy atom. The number of nitro groups is 1. The highest BCUT2D eigenvalue weighted by Crippen LogP contribution is 2.28. The Balaban J connectivity index is 3.16. The number of aromatic nitrogens is 1. The standard InChI is InChI=1S/C11H14BrN3O2/c1-3-5-14(6-4-2)11-10(15(16)17)7-9(12)8-13-11/h3,7-8H,1,4-6H2,2H3. The van der Waals surface area contributed by atoms with Gasteiger partial charge in [0.05, 0.1) is 4.92 Å². The molecule has 0 bridgehead atoms. The van der Waals surface area contributed by atoms with Crippen LogP contribution in [0, 0.1) is 10.1 Å². The molecule has 92 valence electrons. The molecule has 0 saturated carbocycles. The third-order valence-corrected chi connectivity index (χ3v) is 2.59. The van der Waals surface area contributed by atoms with Crippen LogP contribution in [0.2, 0.25) is 0 Å². The minimum Gasteiger partial charge on any atom is -0.347 e. The first-order chi connectivity index (χ1) is 8.10. The van der Waals surface area contributed by atoms with Crippen molar-refractivity contribution in [3.63, 3.8) is 0 Å². The SMILES string of the molecule is C=CCN(CCC)c1ncc(Br)cc1[N+](=O)[O-]. The summed E-state index contributed by atoms with van der Waals surface area (Å²) in [6.45, 7) is 6.92. The predicted octanol–water partition coefficient (Wildman–Crippen LogP) is 3.15. The second-order valence-corrected chi connectivity index (χ2v) is 4.40. The van der Waals surface area contributed by atoms with Crippen LogP contribution in [-0.4, -0.2) is 23.0 Å². The van der Waals surface area contributed by atoms with Crippen LogP contribution in [0.1, 0.15) is 13.3 Å². The molecule has 1 aromatic heterocycles. The van der Waals surface area contributed by atoms with Gasteiger partial charge in [-0.1, -0.05) is 13.0 Å². The lowest BCUT2D eigenvalue weighted by Crippen LogP contribution is -2.25. The molecule has 1 aromatic rings. The molecule has 0 aromatic carbocycles. The summed E-state index contributed by atoms with van der Waals surface area (Å²) in [7, 11) is 0. The van der Waals surface area contributed by atoms with E-state index in [1.165, 1.54) is 6.07 Å². The number of halogens is 1. The normalized spacial score (nSPS) is 10.0. The summed E-state index contributed by atoms with van der Waals surface area (Å²) >= 11 is 3.19. The summed E-state index contributed by atoms with van der Waals surface area (Å²) in [5.74, 6) is 0.389. The van der Waals surface area contributed by atoms with E-state index in [0.29, 0.717) is 23.4 Å². The summed E-state index contributed by atoms with van der Waals surface area (Å²) in [5.41, 5.74) is 0.00896. The maximum Gasteiger partial charge on any atom is 0.312 e. The molecule has 0 N–H and O–H groups in total. The second kappa shape index (κ2) is 6.34. The Bertz CT molecular complexity index is 423. The van der Waals surface area contributed by atoms with Crippen molar-refractivity contribution in [2.45, 2.75) is 13.3 Å². The van der Waals surface area contributed by atoms with Crippen molar-refractivity contribution in [1.82, 2.24) is 4.98 Å². The highest BCUT2D eigenvalue weighted by molar-refractivity contribution is 9.10. The number of anilines is 1. The summed E-state index contributed by atoms with van der Waals surface area (Å²) < 4.78 is 0.600. The molecule has 0 atom stereocenters. The fourth-order valence-electron chi connectivity index (χ4n) is 1.51. The third kappa shape index (κ3) is 3.52. The molecule has 0 aliphatic rings. The van der Waals surface area contributed by atoms with E-state index >= 15 is 0 Å². The Hall–Kier alpha value is -1.43. The smallest absolute Gasteiger partial charge is 0.312 e. The van der Waals surface area contributed by atoms with E-state index in [4.69, 9.17) is 0 Å². The van der Waals surface area contributed by atoms with Gasteiger partial charge in [0.15, 0.2) is 0 Å². The van der Waals surface area contributed by atoms with E-state index in [-0.39, 0.29) is 5.69 Å². The Morgan fingerprint density at radius 1 is 1.71 bits per heavy atom. The molecule has 1 heterocycles. The van der Waals surface area contributed by atoms with Gasteiger partial charge in [0, 0.05) is 29.8 Å². The highest BCUT2D eigenvalue weighted by atomic mass is 79.9. The van der Waals surface area contributed by atoms with Gasteiger partial charge < -0.3 is 4.90 Å². The quantitative estimate of drug-likeness (QED) is 0.460. The van der Waals surface area contributed by atoms with Gasteiger partial charge in [-0.05, 0) is 22.4 Å². The molecule has 0 aliphatic heterocycles. The fourth-order valence-corrected chi connectivity index (χ4v) is 1.83. The van der Waals surface area contributed by atoms with Crippen molar-refractivity contribution in [3.8, 4) is 0 Å². The Kier molecular flexibility index (Phi) is 5.09. The maximum absolute atomic E-state index is 11.0. The van der Waals surface area contributed by atoms with Crippen molar-refractivity contribution in [1.29, 1.82) is 0 Å². The van der Waals surface area contributed by atoms with Gasteiger partial charge in [-0.2, -0.15) is 0 Å². The van der Waals surface area contributed by atoms with Crippen LogP contribution in [0.5, 0.6) is 0 Å². The zero-order valence-corrected chi connectivity index (χ0v) is 11.2. The van der Waals surface area contributed by atoms with Crippen LogP contribution in [0.15, 0.2) is 29.4 Å². The van der Waals surface area contributed by atoms with E-state index in [1.54, 1.807) is 12.3 Å². The van der Waals surface area contributed by atoms with Crippen LogP contribution in [-0.2, 0) is 0 Å². The molecule has 0 radical (unpaired) electrons. The zero-order chi connectivity index (χ0) is 12.8. The third-order valence-electron chi connectivity index (χ3n) is 2.15. The second-order valence-electron chi connectivity index (χ2n) is 3.49. The molecule has 5 nitrogen and oxygen atoms in total. The zero-order valence-electron chi connectivity index (χ0n) is 9.60. The largest absolute Gasteiger partial charge is 0.347 e. The van der Waals surface area contributed by atoms with Crippen molar-refractivity contribution in [3.05, 3.63) is 39.5 Å². The Morgan fingerprint density at radius 2 is 2.41 bits per heavy atom. The van der Waals surface area contributed by atoms with Gasteiger partial charge in [-0.15, -0.1) is 6.58 Å². The Labute approximate surface area is 108 Å². The number of nitrogens with zero attached hydrogens (tertiary/aromatic N) is 3. The van der Waals surface area contributed by atoms with Crippen molar-refractivity contribution in [2.24, 2.45) is 0 Å². The lowest BCUT2D eigenvalue weighted by molar-refractivity contribution is -0.384. The van der Waals surface area contributed by atoms with E-state index in [0.717, 1.165) is 6.42 Å². The minimum atomic E-state index is -0.418. The van der Waals surface area contributed by atoms with Crippen LogP contribution in [0.25, 0.3) is 0 Å². The first-order valence-electron chi connectivity index (χ1n) is 5.26. The van der Waals surface area contributed by atoms with Crippen LogP contribution in [0.4, 0.5) is 11.5 Å². The van der Waals surface area contributed by atoms with Gasteiger partial charge in [0.25, 0.3) is 0 Å². The van der Waals surface area contributed by atoms with E-state index in [2.05, 4.69) is 27.5 Å². The van der Waals surface area contributed by atoms with Crippen LogP contribution >= 0.6 is 15.9 Å². The van der Waals surface area contributed by atoms with Crippen LogP contribution in [0.3, 0.4) is 0 Å². The first-order valence-corrected chi connectivity index (χ1v) is 6.05. The fraction of sp³-hybridized carbons (Fsp3) is 0.364. The number of hydrogen-bond donors (Lipinski definition) is 0. The lowest BCUT2D eigenvalue weighted by atomic mass is 10.3. The molecule has 0 aliphatic carbocycles.